The van der Waals surface area contributed by atoms with Gasteiger partial charge in [-0.15, -0.1) is 0 Å². The summed E-state index contributed by atoms with van der Waals surface area (Å²) < 4.78 is 56.0. The summed E-state index contributed by atoms with van der Waals surface area (Å²) in [6, 6.07) is 2.65. The second kappa shape index (κ2) is 3.74. The molecule has 2 radical (unpaired) electrons. The molecule has 0 amide bonds. The van der Waals surface area contributed by atoms with Crippen LogP contribution in [0, 0.1) is 0 Å². The molecule has 0 bridgehead atoms. The molecule has 1 rings (SSSR count). The van der Waals surface area contributed by atoms with Gasteiger partial charge < -0.3 is 4.55 Å². The maximum Gasteiger partial charge on any atom is 0.417 e. The molecule has 1 unspecified atom stereocenters. The van der Waals surface area contributed by atoms with E-state index in [-0.39, 0.29) is 5.46 Å². The van der Waals surface area contributed by atoms with E-state index in [0.29, 0.717) is 6.07 Å². The van der Waals surface area contributed by atoms with Crippen molar-refractivity contribution in [3.8, 4) is 0 Å². The van der Waals surface area contributed by atoms with Gasteiger partial charge >= 0.3 is 6.18 Å². The number of hydrogen-bond donors (Lipinski definition) is 1. The lowest BCUT2D eigenvalue weighted by Gasteiger charge is -2.10. The number of rotatable bonds is 1. The molecule has 0 heterocycles. The van der Waals surface area contributed by atoms with Crippen LogP contribution in [-0.2, 0) is 17.3 Å². The third kappa shape index (κ3) is 2.36. The minimum absolute atomic E-state index is 0.105. The number of hydrogen-bond acceptors (Lipinski definition) is 1. The molecule has 1 atom stereocenters. The molecule has 14 heavy (non-hydrogen) atoms. The molecule has 0 spiro atoms. The fraction of sp³-hybridized carbons (Fsp3) is 0.143. The quantitative estimate of drug-likeness (QED) is 0.567. The molecule has 0 aromatic heterocycles. The summed E-state index contributed by atoms with van der Waals surface area (Å²) in [6.07, 6.45) is -4.68. The summed E-state index contributed by atoms with van der Waals surface area (Å²) in [5.41, 5.74) is -1.29. The SMILES string of the molecule is [B]c1ccc(S(=O)O)c(C(F)(F)F)c1. The van der Waals surface area contributed by atoms with Gasteiger partial charge in [-0.25, -0.2) is 4.21 Å². The van der Waals surface area contributed by atoms with Crippen molar-refractivity contribution in [2.24, 2.45) is 0 Å². The Labute approximate surface area is 81.8 Å². The summed E-state index contributed by atoms with van der Waals surface area (Å²) in [5.74, 6) is 0. The van der Waals surface area contributed by atoms with Gasteiger partial charge in [-0.05, 0) is 6.07 Å². The highest BCUT2D eigenvalue weighted by molar-refractivity contribution is 7.79. The van der Waals surface area contributed by atoms with Gasteiger partial charge in [0.05, 0.1) is 10.5 Å². The van der Waals surface area contributed by atoms with Crippen LogP contribution in [0.4, 0.5) is 13.2 Å². The fourth-order valence-corrected chi connectivity index (χ4v) is 1.47. The predicted molar refractivity (Wildman–Crippen MR) is 45.9 cm³/mol. The number of halogens is 3. The molecule has 0 aliphatic carbocycles. The van der Waals surface area contributed by atoms with Crippen LogP contribution in [0.3, 0.4) is 0 Å². The lowest BCUT2D eigenvalue weighted by atomic mass is 9.94. The Kier molecular flexibility index (Phi) is 3.01. The predicted octanol–water partition coefficient (Wildman–Crippen LogP) is 1.08. The van der Waals surface area contributed by atoms with Gasteiger partial charge in [0, 0.05) is 0 Å². The molecule has 0 aliphatic heterocycles. The molecule has 0 aliphatic rings. The topological polar surface area (TPSA) is 37.3 Å². The molecule has 7 heteroatoms. The minimum Gasteiger partial charge on any atom is -0.302 e. The standard InChI is InChI=1S/C7H4BF3O2S/c8-4-1-2-6(14(12)13)5(3-4)7(9,10)11/h1-3H,(H,12,13). The first-order chi connectivity index (χ1) is 6.32. The maximum absolute atomic E-state index is 12.3. The van der Waals surface area contributed by atoms with E-state index in [1.54, 1.807) is 0 Å². The van der Waals surface area contributed by atoms with E-state index < -0.39 is 27.7 Å². The average molecular weight is 220 g/mol. The largest absolute Gasteiger partial charge is 0.417 e. The van der Waals surface area contributed by atoms with Crippen molar-refractivity contribution in [3.05, 3.63) is 23.8 Å². The van der Waals surface area contributed by atoms with Crippen molar-refractivity contribution in [2.75, 3.05) is 0 Å². The molecule has 2 nitrogen and oxygen atoms in total. The number of benzene rings is 1. The van der Waals surface area contributed by atoms with Gasteiger partial charge in [-0.1, -0.05) is 17.6 Å². The molecule has 0 saturated heterocycles. The van der Waals surface area contributed by atoms with E-state index in [9.17, 15) is 17.4 Å². The van der Waals surface area contributed by atoms with E-state index in [0.717, 1.165) is 12.1 Å². The Morgan fingerprint density at radius 2 is 1.93 bits per heavy atom. The lowest BCUT2D eigenvalue weighted by molar-refractivity contribution is -0.139. The van der Waals surface area contributed by atoms with E-state index in [4.69, 9.17) is 12.4 Å². The van der Waals surface area contributed by atoms with Gasteiger partial charge in [0.25, 0.3) is 0 Å². The first-order valence-corrected chi connectivity index (χ1v) is 4.50. The molecule has 74 valence electrons. The Hall–Kier alpha value is -0.815. The first-order valence-electron chi connectivity index (χ1n) is 3.40. The summed E-state index contributed by atoms with van der Waals surface area (Å²) in [5, 5.41) is 0. The third-order valence-corrected chi connectivity index (χ3v) is 2.23. The zero-order valence-electron chi connectivity index (χ0n) is 6.71. The van der Waals surface area contributed by atoms with Crippen molar-refractivity contribution >= 4 is 24.4 Å². The van der Waals surface area contributed by atoms with Crippen molar-refractivity contribution in [2.45, 2.75) is 11.1 Å². The zero-order valence-corrected chi connectivity index (χ0v) is 7.52. The van der Waals surface area contributed by atoms with Gasteiger partial charge in [-0.3, -0.25) is 0 Å². The second-order valence-electron chi connectivity index (χ2n) is 2.50. The van der Waals surface area contributed by atoms with Crippen molar-refractivity contribution in [3.63, 3.8) is 0 Å². The Bertz CT molecular complexity index is 378. The highest BCUT2D eigenvalue weighted by atomic mass is 32.2. The van der Waals surface area contributed by atoms with Gasteiger partial charge in [0.15, 0.2) is 11.1 Å². The second-order valence-corrected chi connectivity index (χ2v) is 3.44. The Morgan fingerprint density at radius 1 is 1.36 bits per heavy atom. The van der Waals surface area contributed by atoms with Crippen LogP contribution in [0.25, 0.3) is 0 Å². The van der Waals surface area contributed by atoms with Crippen molar-refractivity contribution in [1.82, 2.24) is 0 Å². The maximum atomic E-state index is 12.3. The van der Waals surface area contributed by atoms with Gasteiger partial charge in [-0.2, -0.15) is 13.2 Å². The smallest absolute Gasteiger partial charge is 0.302 e. The minimum atomic E-state index is -4.68. The highest BCUT2D eigenvalue weighted by Crippen LogP contribution is 2.32. The highest BCUT2D eigenvalue weighted by Gasteiger charge is 2.34. The summed E-state index contributed by atoms with van der Waals surface area (Å²) in [6.45, 7) is 0. The normalized spacial score (nSPS) is 14.0. The van der Waals surface area contributed by atoms with Crippen LogP contribution in [-0.4, -0.2) is 16.6 Å². The van der Waals surface area contributed by atoms with Crippen LogP contribution in [0.15, 0.2) is 23.1 Å². The van der Waals surface area contributed by atoms with Crippen molar-refractivity contribution in [1.29, 1.82) is 0 Å². The fourth-order valence-electron chi connectivity index (χ4n) is 0.921. The third-order valence-electron chi connectivity index (χ3n) is 1.50. The molecule has 1 aromatic carbocycles. The molecule has 0 saturated carbocycles. The van der Waals surface area contributed by atoms with Gasteiger partial charge in [0.1, 0.15) is 7.85 Å². The summed E-state index contributed by atoms with van der Waals surface area (Å²) in [4.78, 5) is -0.688. The van der Waals surface area contributed by atoms with Crippen LogP contribution >= 0.6 is 0 Å². The average Bonchev–Trinajstić information content (AvgIpc) is 2.01. The number of alkyl halides is 3. The Morgan fingerprint density at radius 3 is 2.36 bits per heavy atom. The molecular weight excluding hydrogens is 216 g/mol. The van der Waals surface area contributed by atoms with Crippen molar-refractivity contribution < 1.29 is 21.9 Å². The van der Waals surface area contributed by atoms with Gasteiger partial charge in [0.2, 0.25) is 0 Å². The van der Waals surface area contributed by atoms with E-state index in [2.05, 4.69) is 0 Å². The molecular formula is C7H4BF3O2S. The molecule has 0 fully saturated rings. The summed E-state index contributed by atoms with van der Waals surface area (Å²) >= 11 is -2.67. The summed E-state index contributed by atoms with van der Waals surface area (Å²) in [7, 11) is 5.14. The Balaban J connectivity index is 3.38. The van der Waals surface area contributed by atoms with E-state index in [1.807, 2.05) is 0 Å². The lowest BCUT2D eigenvalue weighted by Crippen LogP contribution is -2.15. The van der Waals surface area contributed by atoms with Crippen LogP contribution < -0.4 is 5.46 Å². The molecule has 1 aromatic rings. The monoisotopic (exact) mass is 220 g/mol. The molecule has 1 N–H and O–H groups in total. The van der Waals surface area contributed by atoms with Crippen LogP contribution in [0.1, 0.15) is 5.56 Å². The zero-order chi connectivity index (χ0) is 10.9. The van der Waals surface area contributed by atoms with E-state index >= 15 is 0 Å². The van der Waals surface area contributed by atoms with Crippen LogP contribution in [0.5, 0.6) is 0 Å². The van der Waals surface area contributed by atoms with Crippen LogP contribution in [0.2, 0.25) is 0 Å². The first kappa shape index (κ1) is 11.3. The van der Waals surface area contributed by atoms with E-state index in [1.165, 1.54) is 0 Å².